The molecule has 0 aliphatic heterocycles. The number of aromatic nitrogens is 1. The fourth-order valence-electron chi connectivity index (χ4n) is 1.16. The third-order valence-corrected chi connectivity index (χ3v) is 2.47. The molecular weight excluding hydrogens is 270 g/mol. The van der Waals surface area contributed by atoms with Gasteiger partial charge in [0.1, 0.15) is 0 Å². The predicted molar refractivity (Wildman–Crippen MR) is 54.0 cm³/mol. The molecule has 0 fully saturated rings. The Balaban J connectivity index is 3.30. The van der Waals surface area contributed by atoms with Crippen LogP contribution in [0.25, 0.3) is 0 Å². The lowest BCUT2D eigenvalue weighted by molar-refractivity contribution is 0.145. The average Bonchev–Trinajstić information content (AvgIpc) is 2.20. The largest absolute Gasteiger partial charge is 0.321 e. The van der Waals surface area contributed by atoms with E-state index in [1.54, 1.807) is 6.07 Å². The summed E-state index contributed by atoms with van der Waals surface area (Å²) in [6.07, 6.45) is -2.81. The molecule has 1 N–H and O–H groups in total. The predicted octanol–water partition coefficient (Wildman–Crippen LogP) is 2.27. The topological polar surface area (TPSA) is 56.6 Å². The summed E-state index contributed by atoms with van der Waals surface area (Å²) in [6, 6.07) is 3.13. The van der Waals surface area contributed by atoms with Crippen molar-refractivity contribution in [1.29, 1.82) is 5.26 Å². The van der Waals surface area contributed by atoms with Crippen molar-refractivity contribution in [3.05, 3.63) is 33.2 Å². The number of nitrogens with zero attached hydrogens (tertiary/aromatic N) is 1. The average molecular weight is 277 g/mol. The van der Waals surface area contributed by atoms with Crippen LogP contribution in [0.1, 0.15) is 23.2 Å². The quantitative estimate of drug-likeness (QED) is 0.861. The van der Waals surface area contributed by atoms with Crippen molar-refractivity contribution in [1.82, 2.24) is 4.98 Å². The summed E-state index contributed by atoms with van der Waals surface area (Å²) in [5.41, 5.74) is -0.513. The van der Waals surface area contributed by atoms with Gasteiger partial charge in [0.05, 0.1) is 18.2 Å². The van der Waals surface area contributed by atoms with E-state index in [1.165, 1.54) is 6.07 Å². The molecule has 0 saturated heterocycles. The molecule has 0 amide bonds. The first-order chi connectivity index (χ1) is 7.10. The van der Waals surface area contributed by atoms with Crippen molar-refractivity contribution >= 4 is 15.9 Å². The first kappa shape index (κ1) is 11.9. The standard InChI is InChI=1S/C9H7BrF2N2O/c10-4-6-3-5(1-2-13)9(15)14-7(6)8(11)12/h3,8H,1,4H2,(H,14,15). The molecular formula is C9H7BrF2N2O. The normalized spacial score (nSPS) is 10.3. The number of aromatic amines is 1. The molecule has 0 unspecified atom stereocenters. The Hall–Kier alpha value is -1.22. The highest BCUT2D eigenvalue weighted by Gasteiger charge is 2.15. The second-order valence-electron chi connectivity index (χ2n) is 2.83. The number of halogens is 3. The van der Waals surface area contributed by atoms with Gasteiger partial charge in [-0.1, -0.05) is 15.9 Å². The van der Waals surface area contributed by atoms with E-state index in [4.69, 9.17) is 5.26 Å². The highest BCUT2D eigenvalue weighted by Crippen LogP contribution is 2.21. The van der Waals surface area contributed by atoms with Crippen molar-refractivity contribution in [2.75, 3.05) is 0 Å². The summed E-state index contributed by atoms with van der Waals surface area (Å²) in [7, 11) is 0. The number of rotatable bonds is 3. The van der Waals surface area contributed by atoms with Gasteiger partial charge in [-0.15, -0.1) is 0 Å². The minimum Gasteiger partial charge on any atom is -0.321 e. The molecule has 0 bridgehead atoms. The van der Waals surface area contributed by atoms with Gasteiger partial charge in [-0.2, -0.15) is 5.26 Å². The zero-order chi connectivity index (χ0) is 11.4. The van der Waals surface area contributed by atoms with Crippen LogP contribution in [0.2, 0.25) is 0 Å². The maximum atomic E-state index is 12.5. The van der Waals surface area contributed by atoms with Gasteiger partial charge in [-0.05, 0) is 11.6 Å². The van der Waals surface area contributed by atoms with Crippen LogP contribution < -0.4 is 5.56 Å². The van der Waals surface area contributed by atoms with Gasteiger partial charge in [-0.3, -0.25) is 4.79 Å². The Morgan fingerprint density at radius 2 is 2.20 bits per heavy atom. The smallest absolute Gasteiger partial charge is 0.278 e. The van der Waals surface area contributed by atoms with Gasteiger partial charge >= 0.3 is 0 Å². The second kappa shape index (κ2) is 5.03. The Kier molecular flexibility index (Phi) is 3.97. The van der Waals surface area contributed by atoms with Gasteiger partial charge in [0.2, 0.25) is 0 Å². The van der Waals surface area contributed by atoms with E-state index in [2.05, 4.69) is 20.9 Å². The van der Waals surface area contributed by atoms with Crippen LogP contribution in [0, 0.1) is 11.3 Å². The fourth-order valence-corrected chi connectivity index (χ4v) is 1.62. The number of nitrogens with one attached hydrogen (secondary N) is 1. The lowest BCUT2D eigenvalue weighted by Crippen LogP contribution is -2.16. The molecule has 0 radical (unpaired) electrons. The fraction of sp³-hybridized carbons (Fsp3) is 0.333. The highest BCUT2D eigenvalue weighted by atomic mass is 79.9. The highest BCUT2D eigenvalue weighted by molar-refractivity contribution is 9.08. The van der Waals surface area contributed by atoms with E-state index >= 15 is 0 Å². The molecule has 3 nitrogen and oxygen atoms in total. The Labute approximate surface area is 92.9 Å². The van der Waals surface area contributed by atoms with E-state index in [0.717, 1.165) is 0 Å². The summed E-state index contributed by atoms with van der Waals surface area (Å²) >= 11 is 3.05. The van der Waals surface area contributed by atoms with Crippen LogP contribution >= 0.6 is 15.9 Å². The third kappa shape index (κ3) is 2.63. The Morgan fingerprint density at radius 3 is 2.67 bits per heavy atom. The number of pyridine rings is 1. The van der Waals surface area contributed by atoms with Gasteiger partial charge < -0.3 is 4.98 Å². The second-order valence-corrected chi connectivity index (χ2v) is 3.39. The maximum Gasteiger partial charge on any atom is 0.278 e. The molecule has 80 valence electrons. The van der Waals surface area contributed by atoms with Gasteiger partial charge in [-0.25, -0.2) is 8.78 Å². The molecule has 1 aromatic heterocycles. The zero-order valence-electron chi connectivity index (χ0n) is 7.56. The third-order valence-electron chi connectivity index (χ3n) is 1.87. The molecule has 1 rings (SSSR count). The monoisotopic (exact) mass is 276 g/mol. The van der Waals surface area contributed by atoms with Crippen molar-refractivity contribution < 1.29 is 8.78 Å². The molecule has 0 aliphatic carbocycles. The molecule has 1 heterocycles. The zero-order valence-corrected chi connectivity index (χ0v) is 9.14. The van der Waals surface area contributed by atoms with Gasteiger partial charge in [0.25, 0.3) is 12.0 Å². The van der Waals surface area contributed by atoms with E-state index in [0.29, 0.717) is 5.56 Å². The van der Waals surface area contributed by atoms with E-state index in [9.17, 15) is 13.6 Å². The lowest BCUT2D eigenvalue weighted by atomic mass is 10.1. The van der Waals surface area contributed by atoms with Crippen LogP contribution in [0.4, 0.5) is 8.78 Å². The molecule has 0 aromatic carbocycles. The Morgan fingerprint density at radius 1 is 1.53 bits per heavy atom. The molecule has 15 heavy (non-hydrogen) atoms. The van der Waals surface area contributed by atoms with Crippen LogP contribution in [0.15, 0.2) is 10.9 Å². The minimum atomic E-state index is -2.72. The van der Waals surface area contributed by atoms with Crippen LogP contribution in [0.5, 0.6) is 0 Å². The van der Waals surface area contributed by atoms with E-state index in [1.807, 2.05) is 0 Å². The van der Waals surface area contributed by atoms with Crippen molar-refractivity contribution in [3.63, 3.8) is 0 Å². The van der Waals surface area contributed by atoms with Gasteiger partial charge in [0, 0.05) is 10.9 Å². The molecule has 6 heteroatoms. The van der Waals surface area contributed by atoms with Gasteiger partial charge in [0.15, 0.2) is 0 Å². The molecule has 1 aromatic rings. The van der Waals surface area contributed by atoms with Crippen LogP contribution in [-0.4, -0.2) is 4.98 Å². The van der Waals surface area contributed by atoms with Crippen molar-refractivity contribution in [2.45, 2.75) is 18.2 Å². The first-order valence-corrected chi connectivity index (χ1v) is 5.18. The molecule has 0 saturated carbocycles. The Bertz CT molecular complexity index is 450. The SMILES string of the molecule is N#CCc1cc(CBr)c(C(F)F)[nH]c1=O. The number of nitriles is 1. The van der Waals surface area contributed by atoms with Crippen molar-refractivity contribution in [3.8, 4) is 6.07 Å². The number of H-pyrrole nitrogens is 1. The first-order valence-electron chi connectivity index (χ1n) is 4.06. The molecule has 0 atom stereocenters. The summed E-state index contributed by atoms with van der Waals surface area (Å²) in [5.74, 6) is 0. The van der Waals surface area contributed by atoms with Crippen LogP contribution in [0.3, 0.4) is 0 Å². The minimum absolute atomic E-state index is 0.0845. The van der Waals surface area contributed by atoms with E-state index < -0.39 is 17.7 Å². The summed E-state index contributed by atoms with van der Waals surface area (Å²) < 4.78 is 24.9. The number of alkyl halides is 3. The maximum absolute atomic E-state index is 12.5. The molecule has 0 spiro atoms. The molecule has 0 aliphatic rings. The number of hydrogen-bond donors (Lipinski definition) is 1. The summed E-state index contributed by atoms with van der Waals surface area (Å²) in [6.45, 7) is 0. The van der Waals surface area contributed by atoms with Crippen molar-refractivity contribution in [2.24, 2.45) is 0 Å². The summed E-state index contributed by atoms with van der Waals surface area (Å²) in [4.78, 5) is 13.3. The summed E-state index contributed by atoms with van der Waals surface area (Å²) in [5, 5.41) is 8.63. The van der Waals surface area contributed by atoms with Crippen LogP contribution in [-0.2, 0) is 11.8 Å². The lowest BCUT2D eigenvalue weighted by Gasteiger charge is -2.06. The van der Waals surface area contributed by atoms with E-state index in [-0.39, 0.29) is 17.3 Å². The number of hydrogen-bond acceptors (Lipinski definition) is 2.